The lowest BCUT2D eigenvalue weighted by atomic mass is 9.97. The van der Waals surface area contributed by atoms with Crippen LogP contribution in [0.2, 0.25) is 0 Å². The molecule has 1 atom stereocenters. The summed E-state index contributed by atoms with van der Waals surface area (Å²) in [6.45, 7) is 2.09. The van der Waals surface area contributed by atoms with Gasteiger partial charge in [0, 0.05) is 43.8 Å². The van der Waals surface area contributed by atoms with Gasteiger partial charge in [-0.05, 0) is 36.8 Å². The SMILES string of the molecule is Cl.Cn1cc(C[C@@H](N)C(=O)OCCC2CCOCC2)c2ccccc21. The third kappa shape index (κ3) is 4.97. The lowest BCUT2D eigenvalue weighted by Crippen LogP contribution is -2.34. The number of aromatic nitrogens is 1. The number of aryl methyl sites for hydroxylation is 1. The van der Waals surface area contributed by atoms with Gasteiger partial charge < -0.3 is 19.8 Å². The first-order valence-electron chi connectivity index (χ1n) is 8.68. The van der Waals surface area contributed by atoms with E-state index in [-0.39, 0.29) is 18.4 Å². The minimum atomic E-state index is -0.620. The number of nitrogens with zero attached hydrogens (tertiary/aromatic N) is 1. The Morgan fingerprint density at radius 2 is 2.08 bits per heavy atom. The average Bonchev–Trinajstić information content (AvgIpc) is 2.92. The normalized spacial score (nSPS) is 16.4. The van der Waals surface area contributed by atoms with Gasteiger partial charge in [-0.1, -0.05) is 18.2 Å². The Balaban J connectivity index is 0.00000225. The van der Waals surface area contributed by atoms with Crippen molar-refractivity contribution in [3.05, 3.63) is 36.0 Å². The molecule has 1 aliphatic heterocycles. The lowest BCUT2D eigenvalue weighted by molar-refractivity contribution is -0.145. The zero-order valence-electron chi connectivity index (χ0n) is 14.6. The third-order valence-electron chi connectivity index (χ3n) is 4.83. The highest BCUT2D eigenvalue weighted by Gasteiger charge is 2.19. The average molecular weight is 367 g/mol. The molecule has 6 heteroatoms. The number of hydrogen-bond donors (Lipinski definition) is 1. The molecule has 0 radical (unpaired) electrons. The molecule has 1 fully saturated rings. The predicted molar refractivity (Wildman–Crippen MR) is 101 cm³/mol. The van der Waals surface area contributed by atoms with Gasteiger partial charge in [-0.15, -0.1) is 12.4 Å². The molecule has 1 aromatic heterocycles. The Kier molecular flexibility index (Phi) is 7.29. The number of fused-ring (bicyclic) bond motifs is 1. The third-order valence-corrected chi connectivity index (χ3v) is 4.83. The Bertz CT molecular complexity index is 695. The molecule has 0 saturated carbocycles. The summed E-state index contributed by atoms with van der Waals surface area (Å²) in [5, 5.41) is 1.14. The summed E-state index contributed by atoms with van der Waals surface area (Å²) in [7, 11) is 2.00. The van der Waals surface area contributed by atoms with E-state index >= 15 is 0 Å². The second-order valence-electron chi connectivity index (χ2n) is 6.60. The summed E-state index contributed by atoms with van der Waals surface area (Å²) >= 11 is 0. The molecule has 0 aliphatic carbocycles. The molecule has 2 heterocycles. The second kappa shape index (κ2) is 9.22. The molecule has 0 bridgehead atoms. The molecule has 3 rings (SSSR count). The molecule has 0 amide bonds. The number of halogens is 1. The molecule has 2 N–H and O–H groups in total. The van der Waals surface area contributed by atoms with Gasteiger partial charge in [-0.3, -0.25) is 4.79 Å². The number of carbonyl (C=O) groups excluding carboxylic acids is 1. The maximum absolute atomic E-state index is 12.2. The van der Waals surface area contributed by atoms with Gasteiger partial charge in [0.25, 0.3) is 0 Å². The van der Waals surface area contributed by atoms with Crippen molar-refractivity contribution in [1.82, 2.24) is 4.57 Å². The van der Waals surface area contributed by atoms with Gasteiger partial charge in [0.15, 0.2) is 0 Å². The number of nitrogens with two attached hydrogens (primary N) is 1. The van der Waals surface area contributed by atoms with Crippen molar-refractivity contribution in [3.63, 3.8) is 0 Å². The van der Waals surface area contributed by atoms with E-state index in [9.17, 15) is 4.79 Å². The Hall–Kier alpha value is -1.56. The minimum Gasteiger partial charge on any atom is -0.465 e. The predicted octanol–water partition coefficient (Wildman–Crippen LogP) is 2.83. The first kappa shape index (κ1) is 19.8. The van der Waals surface area contributed by atoms with Crippen LogP contribution in [0.25, 0.3) is 10.9 Å². The zero-order valence-corrected chi connectivity index (χ0v) is 15.5. The van der Waals surface area contributed by atoms with Crippen molar-refractivity contribution in [2.24, 2.45) is 18.7 Å². The molecule has 0 unspecified atom stereocenters. The highest BCUT2D eigenvalue weighted by atomic mass is 35.5. The largest absolute Gasteiger partial charge is 0.465 e. The first-order valence-corrected chi connectivity index (χ1v) is 8.68. The number of rotatable bonds is 6. The summed E-state index contributed by atoms with van der Waals surface area (Å²) in [5.41, 5.74) is 8.30. The Labute approximate surface area is 154 Å². The van der Waals surface area contributed by atoms with Crippen molar-refractivity contribution < 1.29 is 14.3 Å². The number of benzene rings is 1. The van der Waals surface area contributed by atoms with E-state index in [4.69, 9.17) is 15.2 Å². The van der Waals surface area contributed by atoms with Gasteiger partial charge in [0.1, 0.15) is 6.04 Å². The number of carbonyl (C=O) groups is 1. The van der Waals surface area contributed by atoms with Crippen LogP contribution in [-0.4, -0.2) is 36.4 Å². The first-order chi connectivity index (χ1) is 11.6. The number of esters is 1. The fourth-order valence-electron chi connectivity index (χ4n) is 3.38. The monoisotopic (exact) mass is 366 g/mol. The fourth-order valence-corrected chi connectivity index (χ4v) is 3.38. The molecule has 1 aromatic carbocycles. The Morgan fingerprint density at radius 1 is 1.36 bits per heavy atom. The smallest absolute Gasteiger partial charge is 0.323 e. The maximum Gasteiger partial charge on any atom is 0.323 e. The van der Waals surface area contributed by atoms with E-state index in [1.54, 1.807) is 0 Å². The second-order valence-corrected chi connectivity index (χ2v) is 6.60. The molecule has 1 saturated heterocycles. The van der Waals surface area contributed by atoms with Crippen molar-refractivity contribution in [2.75, 3.05) is 19.8 Å². The highest BCUT2D eigenvalue weighted by Crippen LogP contribution is 2.22. The van der Waals surface area contributed by atoms with Crippen LogP contribution in [0.1, 0.15) is 24.8 Å². The van der Waals surface area contributed by atoms with E-state index < -0.39 is 6.04 Å². The van der Waals surface area contributed by atoms with E-state index in [0.717, 1.165) is 48.9 Å². The number of ether oxygens (including phenoxy) is 2. The minimum absolute atomic E-state index is 0. The fraction of sp³-hybridized carbons (Fsp3) is 0.526. The summed E-state index contributed by atoms with van der Waals surface area (Å²) in [5.74, 6) is 0.288. The summed E-state index contributed by atoms with van der Waals surface area (Å²) in [4.78, 5) is 12.2. The van der Waals surface area contributed by atoms with Crippen LogP contribution in [0.4, 0.5) is 0 Å². The molecular formula is C19H27ClN2O3. The van der Waals surface area contributed by atoms with Crippen LogP contribution in [0.3, 0.4) is 0 Å². The molecule has 0 spiro atoms. The van der Waals surface area contributed by atoms with Crippen molar-refractivity contribution in [2.45, 2.75) is 31.7 Å². The van der Waals surface area contributed by atoms with Crippen molar-refractivity contribution in [1.29, 1.82) is 0 Å². The van der Waals surface area contributed by atoms with Crippen LogP contribution >= 0.6 is 12.4 Å². The quantitative estimate of drug-likeness (QED) is 0.798. The summed E-state index contributed by atoms with van der Waals surface area (Å²) in [6.07, 6.45) is 5.55. The lowest BCUT2D eigenvalue weighted by Gasteiger charge is -2.21. The highest BCUT2D eigenvalue weighted by molar-refractivity contribution is 5.85. The van der Waals surface area contributed by atoms with Crippen LogP contribution in [-0.2, 0) is 27.7 Å². The van der Waals surface area contributed by atoms with Crippen LogP contribution in [0, 0.1) is 5.92 Å². The van der Waals surface area contributed by atoms with Crippen molar-refractivity contribution >= 4 is 29.3 Å². The van der Waals surface area contributed by atoms with Gasteiger partial charge >= 0.3 is 5.97 Å². The molecule has 2 aromatic rings. The van der Waals surface area contributed by atoms with Crippen LogP contribution in [0.15, 0.2) is 30.5 Å². The summed E-state index contributed by atoms with van der Waals surface area (Å²) < 4.78 is 12.8. The van der Waals surface area contributed by atoms with Gasteiger partial charge in [-0.2, -0.15) is 0 Å². The van der Waals surface area contributed by atoms with E-state index in [0.29, 0.717) is 18.9 Å². The van der Waals surface area contributed by atoms with Crippen molar-refractivity contribution in [3.8, 4) is 0 Å². The van der Waals surface area contributed by atoms with Crippen LogP contribution < -0.4 is 5.73 Å². The molecule has 1 aliphatic rings. The molecule has 25 heavy (non-hydrogen) atoms. The van der Waals surface area contributed by atoms with Gasteiger partial charge in [-0.25, -0.2) is 0 Å². The zero-order chi connectivity index (χ0) is 16.9. The van der Waals surface area contributed by atoms with E-state index in [1.165, 1.54) is 0 Å². The summed E-state index contributed by atoms with van der Waals surface area (Å²) in [6, 6.07) is 7.52. The maximum atomic E-state index is 12.2. The number of hydrogen-bond acceptors (Lipinski definition) is 4. The Morgan fingerprint density at radius 3 is 2.84 bits per heavy atom. The van der Waals surface area contributed by atoms with Gasteiger partial charge in [0.2, 0.25) is 0 Å². The standard InChI is InChI=1S/C19H26N2O3.ClH/c1-21-13-15(16-4-2-3-5-18(16)21)12-17(20)19(22)24-11-8-14-6-9-23-10-7-14;/h2-5,13-14,17H,6-12,20H2,1H3;1H/t17-;/m1./s1. The van der Waals surface area contributed by atoms with Gasteiger partial charge in [0.05, 0.1) is 6.61 Å². The molecular weight excluding hydrogens is 340 g/mol. The molecule has 5 nitrogen and oxygen atoms in total. The van der Waals surface area contributed by atoms with Crippen LogP contribution in [0.5, 0.6) is 0 Å². The molecule has 138 valence electrons. The number of para-hydroxylation sites is 1. The topological polar surface area (TPSA) is 66.5 Å². The van der Waals surface area contributed by atoms with E-state index in [2.05, 4.69) is 16.7 Å². The van der Waals surface area contributed by atoms with E-state index in [1.807, 2.05) is 25.4 Å².